The van der Waals surface area contributed by atoms with E-state index in [0.717, 1.165) is 92.1 Å². The lowest BCUT2D eigenvalue weighted by Gasteiger charge is -2.26. The van der Waals surface area contributed by atoms with E-state index in [1.807, 2.05) is 18.2 Å². The van der Waals surface area contributed by atoms with Crippen LogP contribution in [0, 0.1) is 11.3 Å². The van der Waals surface area contributed by atoms with Crippen molar-refractivity contribution in [3.8, 4) is 39.1 Å². The van der Waals surface area contributed by atoms with E-state index < -0.39 is 5.97 Å². The molecule has 2 heterocycles. The summed E-state index contributed by atoms with van der Waals surface area (Å²) in [4.78, 5) is 15.5. The first-order valence-electron chi connectivity index (χ1n) is 20.6. The summed E-state index contributed by atoms with van der Waals surface area (Å²) < 4.78 is 21.6. The molecule has 0 spiro atoms. The van der Waals surface area contributed by atoms with Gasteiger partial charge in [0.2, 0.25) is 0 Å². The average Bonchev–Trinajstić information content (AvgIpc) is 3.97. The van der Waals surface area contributed by atoms with E-state index in [-0.39, 0.29) is 5.56 Å². The fourth-order valence-electron chi connectivity index (χ4n) is 7.05. The highest BCUT2D eigenvalue weighted by atomic mass is 32.1. The predicted molar refractivity (Wildman–Crippen MR) is 247 cm³/mol. The van der Waals surface area contributed by atoms with Gasteiger partial charge in [-0.3, -0.25) is 0 Å². The van der Waals surface area contributed by atoms with Gasteiger partial charge in [-0.05, 0) is 115 Å². The zero-order chi connectivity index (χ0) is 41.7. The number of fused-ring (bicyclic) bond motifs is 1. The van der Waals surface area contributed by atoms with E-state index in [2.05, 4.69) is 110 Å². The number of nitrogens with zero attached hydrogens (tertiary/aromatic N) is 4. The van der Waals surface area contributed by atoms with Gasteiger partial charge in [-0.15, -0.1) is 11.3 Å². The largest absolute Gasteiger partial charge is 0.494 e. The van der Waals surface area contributed by atoms with Gasteiger partial charge in [0, 0.05) is 37.9 Å². The van der Waals surface area contributed by atoms with Gasteiger partial charge in [0.15, 0.2) is 0 Å². The average molecular weight is 833 g/mol. The van der Waals surface area contributed by atoms with Crippen molar-refractivity contribution >= 4 is 68.8 Å². The van der Waals surface area contributed by atoms with Crippen molar-refractivity contribution in [2.75, 3.05) is 18.1 Å². The van der Waals surface area contributed by atoms with Crippen LogP contribution < -0.4 is 14.4 Å². The topological polar surface area (TPSA) is 109 Å². The van der Waals surface area contributed by atoms with E-state index in [1.165, 1.54) is 62.4 Å². The minimum absolute atomic E-state index is 0.178. The van der Waals surface area contributed by atoms with Gasteiger partial charge in [-0.25, -0.2) is 4.79 Å². The second-order valence-electron chi connectivity index (χ2n) is 14.6. The molecule has 2 aromatic heterocycles. The van der Waals surface area contributed by atoms with Crippen LogP contribution >= 0.6 is 23.1 Å². The summed E-state index contributed by atoms with van der Waals surface area (Å²) in [7, 11) is 0. The number of carbonyl (C=O) groups is 1. The number of nitriles is 1. The molecule has 304 valence electrons. The standard InChI is InChI=1S/C50H48N4O4S2/c1-3-5-7-9-31-57-42-23-19-40(20-24-42)54(41-21-25-43(26-22-41)58-32-10-8-6-4-2)39-17-15-36(16-18-39)45-28-29-46(49-48(45)52-60-53-49)47-30-27-44(59-47)33-38(34-51)35-11-13-37(14-12-35)50(55)56/h11-30,33H,3-10,31-32H2,1-2H3,(H,55,56)/b38-33+. The van der Waals surface area contributed by atoms with Crippen LogP contribution in [0.4, 0.5) is 17.1 Å². The maximum Gasteiger partial charge on any atom is 0.335 e. The quantitative estimate of drug-likeness (QED) is 0.0597. The van der Waals surface area contributed by atoms with Gasteiger partial charge in [-0.2, -0.15) is 14.0 Å². The Labute approximate surface area is 360 Å². The lowest BCUT2D eigenvalue weighted by molar-refractivity contribution is 0.0697. The summed E-state index contributed by atoms with van der Waals surface area (Å²) in [6, 6.07) is 42.0. The Hall–Kier alpha value is -6.28. The first-order valence-corrected chi connectivity index (χ1v) is 22.2. The molecule has 0 unspecified atom stereocenters. The van der Waals surface area contributed by atoms with Crippen LogP contribution in [0.15, 0.2) is 121 Å². The Morgan fingerprint density at radius 2 is 1.17 bits per heavy atom. The number of hydrogen-bond acceptors (Lipinski definition) is 9. The molecule has 60 heavy (non-hydrogen) atoms. The number of rotatable bonds is 20. The number of anilines is 3. The molecule has 7 aromatic rings. The van der Waals surface area contributed by atoms with Crippen LogP contribution in [-0.4, -0.2) is 33.0 Å². The van der Waals surface area contributed by atoms with Crippen LogP contribution in [0.2, 0.25) is 0 Å². The van der Waals surface area contributed by atoms with Crippen molar-refractivity contribution in [3.05, 3.63) is 137 Å². The molecule has 0 saturated heterocycles. The van der Waals surface area contributed by atoms with Gasteiger partial charge in [0.25, 0.3) is 0 Å². The summed E-state index contributed by atoms with van der Waals surface area (Å²) >= 11 is 2.75. The van der Waals surface area contributed by atoms with Crippen LogP contribution in [0.25, 0.3) is 44.3 Å². The molecule has 1 N–H and O–H groups in total. The lowest BCUT2D eigenvalue weighted by atomic mass is 10.00. The van der Waals surface area contributed by atoms with E-state index in [4.69, 9.17) is 18.2 Å². The smallest absolute Gasteiger partial charge is 0.335 e. The van der Waals surface area contributed by atoms with Crippen molar-refractivity contribution in [3.63, 3.8) is 0 Å². The number of hydrogen-bond donors (Lipinski definition) is 1. The minimum atomic E-state index is -1.00. The number of allylic oxidation sites excluding steroid dienone is 1. The molecule has 0 fully saturated rings. The van der Waals surface area contributed by atoms with Gasteiger partial charge >= 0.3 is 5.97 Å². The summed E-state index contributed by atoms with van der Waals surface area (Å²) in [5.74, 6) is 0.735. The second kappa shape index (κ2) is 20.6. The number of carboxylic acids is 1. The molecule has 0 amide bonds. The number of unbranched alkanes of at least 4 members (excludes halogenated alkanes) is 6. The van der Waals surface area contributed by atoms with Crippen molar-refractivity contribution in [1.29, 1.82) is 5.26 Å². The monoisotopic (exact) mass is 832 g/mol. The second-order valence-corrected chi connectivity index (χ2v) is 16.2. The fraction of sp³-hybridized carbons (Fsp3) is 0.240. The molecule has 7 rings (SSSR count). The van der Waals surface area contributed by atoms with Gasteiger partial charge in [0.1, 0.15) is 22.5 Å². The first-order chi connectivity index (χ1) is 29.4. The Balaban J connectivity index is 1.13. The molecule has 0 aliphatic carbocycles. The summed E-state index contributed by atoms with van der Waals surface area (Å²) in [6.07, 6.45) is 11.2. The van der Waals surface area contributed by atoms with Crippen molar-refractivity contribution in [2.24, 2.45) is 0 Å². The lowest BCUT2D eigenvalue weighted by Crippen LogP contribution is -2.10. The van der Waals surface area contributed by atoms with E-state index in [1.54, 1.807) is 23.5 Å². The van der Waals surface area contributed by atoms with Gasteiger partial charge < -0.3 is 19.5 Å². The summed E-state index contributed by atoms with van der Waals surface area (Å²) in [5.41, 5.74) is 9.01. The van der Waals surface area contributed by atoms with Crippen LogP contribution in [0.3, 0.4) is 0 Å². The Morgan fingerprint density at radius 3 is 1.70 bits per heavy atom. The number of thiophene rings is 1. The SMILES string of the molecule is CCCCCCOc1ccc(N(c2ccc(OCCCCCC)cc2)c2ccc(-c3ccc(-c4ccc(/C=C(\C#N)c5ccc(C(=O)O)cc5)s4)c4nsnc34)cc2)cc1. The normalized spacial score (nSPS) is 11.4. The van der Waals surface area contributed by atoms with Gasteiger partial charge in [-0.1, -0.05) is 88.8 Å². The molecular formula is C50H48N4O4S2. The highest BCUT2D eigenvalue weighted by Gasteiger charge is 2.18. The molecular weight excluding hydrogens is 785 g/mol. The zero-order valence-corrected chi connectivity index (χ0v) is 35.6. The molecule has 0 saturated carbocycles. The minimum Gasteiger partial charge on any atom is -0.494 e. The third-order valence-electron chi connectivity index (χ3n) is 10.3. The van der Waals surface area contributed by atoms with E-state index >= 15 is 0 Å². The number of ether oxygens (including phenoxy) is 2. The molecule has 0 aliphatic heterocycles. The highest BCUT2D eigenvalue weighted by molar-refractivity contribution is 7.16. The van der Waals surface area contributed by atoms with Gasteiger partial charge in [0.05, 0.1) is 42.1 Å². The van der Waals surface area contributed by atoms with E-state index in [0.29, 0.717) is 11.1 Å². The number of carboxylic acid groups (broad SMARTS) is 1. The van der Waals surface area contributed by atoms with Crippen molar-refractivity contribution in [2.45, 2.75) is 65.2 Å². The third kappa shape index (κ3) is 10.3. The van der Waals surface area contributed by atoms with Crippen LogP contribution in [-0.2, 0) is 0 Å². The molecule has 8 nitrogen and oxygen atoms in total. The number of benzene rings is 5. The predicted octanol–water partition coefficient (Wildman–Crippen LogP) is 14.2. The van der Waals surface area contributed by atoms with Crippen molar-refractivity contribution < 1.29 is 19.4 Å². The first kappa shape index (κ1) is 41.9. The molecule has 0 radical (unpaired) electrons. The summed E-state index contributed by atoms with van der Waals surface area (Å²) in [5, 5.41) is 19.2. The molecule has 10 heteroatoms. The zero-order valence-electron chi connectivity index (χ0n) is 34.0. The third-order valence-corrected chi connectivity index (χ3v) is 11.9. The Bertz CT molecular complexity index is 2500. The maximum atomic E-state index is 11.3. The van der Waals surface area contributed by atoms with Crippen molar-refractivity contribution in [1.82, 2.24) is 8.75 Å². The maximum absolute atomic E-state index is 11.3. The molecule has 0 atom stereocenters. The molecule has 0 bridgehead atoms. The fourth-order valence-corrected chi connectivity index (χ4v) is 8.60. The van der Waals surface area contributed by atoms with Crippen LogP contribution in [0.1, 0.15) is 86.0 Å². The number of aromatic carboxylic acids is 1. The number of aromatic nitrogens is 2. The summed E-state index contributed by atoms with van der Waals surface area (Å²) in [6.45, 7) is 5.87. The highest BCUT2D eigenvalue weighted by Crippen LogP contribution is 2.41. The molecule has 0 aliphatic rings. The van der Waals surface area contributed by atoms with Crippen LogP contribution in [0.5, 0.6) is 11.5 Å². The Morgan fingerprint density at radius 1 is 0.650 bits per heavy atom. The Kier molecular flexibility index (Phi) is 14.4. The molecule has 5 aromatic carbocycles. The van der Waals surface area contributed by atoms with E-state index in [9.17, 15) is 15.2 Å².